The first-order valence-corrected chi connectivity index (χ1v) is 4.73. The molecule has 5 heteroatoms. The quantitative estimate of drug-likeness (QED) is 0.474. The third kappa shape index (κ3) is 3.08. The van der Waals surface area contributed by atoms with Gasteiger partial charge in [0, 0.05) is 6.04 Å². The predicted octanol–water partition coefficient (Wildman–Crippen LogP) is 2.79. The topological polar surface area (TPSA) is 38.0 Å². The maximum atomic E-state index is 12.3. The summed E-state index contributed by atoms with van der Waals surface area (Å²) in [7, 11) is 0. The Balaban J connectivity index is 2.89. The Hall–Kier alpha value is -1.33. The van der Waals surface area contributed by atoms with E-state index in [0.717, 1.165) is 12.1 Å². The van der Waals surface area contributed by atoms with Crippen molar-refractivity contribution in [1.82, 2.24) is 5.43 Å². The molecule has 0 saturated carbocycles. The highest BCUT2D eigenvalue weighted by molar-refractivity contribution is 5.27. The lowest BCUT2D eigenvalue weighted by Gasteiger charge is -2.15. The van der Waals surface area contributed by atoms with Crippen LogP contribution in [-0.4, -0.2) is 0 Å². The van der Waals surface area contributed by atoms with Crippen molar-refractivity contribution < 1.29 is 13.2 Å². The summed E-state index contributed by atoms with van der Waals surface area (Å²) in [5.74, 6) is 5.29. The Morgan fingerprint density at radius 2 is 1.88 bits per heavy atom. The second-order valence-corrected chi connectivity index (χ2v) is 3.36. The molecule has 0 aromatic heterocycles. The molecule has 1 aromatic carbocycles. The minimum atomic E-state index is -4.30. The van der Waals surface area contributed by atoms with E-state index < -0.39 is 11.7 Å². The second-order valence-electron chi connectivity index (χ2n) is 3.36. The zero-order chi connectivity index (χ0) is 12.2. The molecule has 16 heavy (non-hydrogen) atoms. The van der Waals surface area contributed by atoms with Gasteiger partial charge in [-0.05, 0) is 24.1 Å². The fourth-order valence-corrected chi connectivity index (χ4v) is 1.37. The van der Waals surface area contributed by atoms with E-state index in [-0.39, 0.29) is 6.04 Å². The number of nitrogens with two attached hydrogens (primary N) is 1. The number of hydrogen-bond donors (Lipinski definition) is 2. The van der Waals surface area contributed by atoms with Gasteiger partial charge in [0.25, 0.3) is 0 Å². The summed E-state index contributed by atoms with van der Waals surface area (Å²) in [6.45, 7) is 3.56. The van der Waals surface area contributed by atoms with Gasteiger partial charge in [0.15, 0.2) is 0 Å². The average molecular weight is 230 g/mol. The van der Waals surface area contributed by atoms with Gasteiger partial charge >= 0.3 is 6.18 Å². The molecule has 0 heterocycles. The fraction of sp³-hybridized carbons (Fsp3) is 0.273. The molecule has 88 valence electrons. The van der Waals surface area contributed by atoms with Crippen LogP contribution in [0, 0.1) is 0 Å². The van der Waals surface area contributed by atoms with Gasteiger partial charge in [-0.3, -0.25) is 11.3 Å². The normalized spacial score (nSPS) is 13.5. The van der Waals surface area contributed by atoms with Gasteiger partial charge in [-0.15, -0.1) is 6.58 Å². The number of rotatable bonds is 4. The molecule has 0 radical (unpaired) electrons. The molecule has 0 fully saturated rings. The smallest absolute Gasteiger partial charge is 0.271 e. The van der Waals surface area contributed by atoms with E-state index in [4.69, 9.17) is 5.84 Å². The summed E-state index contributed by atoms with van der Waals surface area (Å²) in [6, 6.07) is 4.71. The maximum Gasteiger partial charge on any atom is 0.416 e. The van der Waals surface area contributed by atoms with Crippen LogP contribution in [0.3, 0.4) is 0 Å². The molecule has 1 atom stereocenters. The van der Waals surface area contributed by atoms with Gasteiger partial charge in [-0.2, -0.15) is 13.2 Å². The first-order valence-electron chi connectivity index (χ1n) is 4.73. The Morgan fingerprint density at radius 1 is 1.31 bits per heavy atom. The third-order valence-corrected chi connectivity index (χ3v) is 2.24. The fourth-order valence-electron chi connectivity index (χ4n) is 1.37. The van der Waals surface area contributed by atoms with Crippen molar-refractivity contribution in [3.8, 4) is 0 Å². The molecule has 2 nitrogen and oxygen atoms in total. The van der Waals surface area contributed by atoms with Crippen molar-refractivity contribution >= 4 is 0 Å². The largest absolute Gasteiger partial charge is 0.416 e. The first-order chi connectivity index (χ1) is 7.49. The predicted molar refractivity (Wildman–Crippen MR) is 56.3 cm³/mol. The number of benzene rings is 1. The minimum Gasteiger partial charge on any atom is -0.271 e. The van der Waals surface area contributed by atoms with Crippen LogP contribution in [0.2, 0.25) is 0 Å². The van der Waals surface area contributed by atoms with Crippen LogP contribution in [0.4, 0.5) is 13.2 Å². The van der Waals surface area contributed by atoms with E-state index in [1.807, 2.05) is 0 Å². The van der Waals surface area contributed by atoms with Gasteiger partial charge in [0.1, 0.15) is 0 Å². The highest BCUT2D eigenvalue weighted by atomic mass is 19.4. The molecule has 0 aliphatic rings. The third-order valence-electron chi connectivity index (χ3n) is 2.24. The van der Waals surface area contributed by atoms with Crippen LogP contribution in [0.25, 0.3) is 0 Å². The highest BCUT2D eigenvalue weighted by Gasteiger charge is 2.30. The van der Waals surface area contributed by atoms with E-state index in [0.29, 0.717) is 12.0 Å². The lowest BCUT2D eigenvalue weighted by atomic mass is 10.0. The zero-order valence-corrected chi connectivity index (χ0v) is 8.59. The van der Waals surface area contributed by atoms with Gasteiger partial charge in [-0.25, -0.2) is 0 Å². The van der Waals surface area contributed by atoms with E-state index in [9.17, 15) is 13.2 Å². The van der Waals surface area contributed by atoms with E-state index in [1.54, 1.807) is 6.08 Å². The Kier molecular flexibility index (Phi) is 4.09. The van der Waals surface area contributed by atoms with Crippen LogP contribution in [-0.2, 0) is 6.18 Å². The number of nitrogens with one attached hydrogen (secondary N) is 1. The first kappa shape index (κ1) is 12.7. The number of halogens is 3. The molecule has 0 saturated heterocycles. The summed E-state index contributed by atoms with van der Waals surface area (Å²) >= 11 is 0. The SMILES string of the molecule is C=CCC(NN)c1ccc(C(F)(F)F)cc1. The number of alkyl halides is 3. The van der Waals surface area contributed by atoms with Crippen molar-refractivity contribution in [3.05, 3.63) is 48.0 Å². The molecule has 0 aliphatic carbocycles. The summed E-state index contributed by atoms with van der Waals surface area (Å²) in [6.07, 6.45) is -2.09. The van der Waals surface area contributed by atoms with Gasteiger partial charge in [-0.1, -0.05) is 18.2 Å². The standard InChI is InChI=1S/C11H13F3N2/c1-2-3-10(16-15)8-4-6-9(7-5-8)11(12,13)14/h2,4-7,10,16H,1,3,15H2. The molecular weight excluding hydrogens is 217 g/mol. The minimum absolute atomic E-state index is 0.209. The maximum absolute atomic E-state index is 12.3. The molecular formula is C11H13F3N2. The van der Waals surface area contributed by atoms with Gasteiger partial charge in [0.05, 0.1) is 5.56 Å². The average Bonchev–Trinajstić information content (AvgIpc) is 2.25. The van der Waals surface area contributed by atoms with Crippen molar-refractivity contribution in [1.29, 1.82) is 0 Å². The van der Waals surface area contributed by atoms with Gasteiger partial charge in [0.2, 0.25) is 0 Å². The molecule has 0 spiro atoms. The second kappa shape index (κ2) is 5.14. The van der Waals surface area contributed by atoms with Crippen molar-refractivity contribution in [3.63, 3.8) is 0 Å². The molecule has 0 amide bonds. The Bertz CT molecular complexity index is 343. The highest BCUT2D eigenvalue weighted by Crippen LogP contribution is 2.30. The summed E-state index contributed by atoms with van der Waals surface area (Å²) < 4.78 is 36.9. The van der Waals surface area contributed by atoms with Crippen LogP contribution in [0.5, 0.6) is 0 Å². The molecule has 0 bridgehead atoms. The van der Waals surface area contributed by atoms with E-state index >= 15 is 0 Å². The lowest BCUT2D eigenvalue weighted by Crippen LogP contribution is -2.27. The Labute approximate surface area is 91.9 Å². The van der Waals surface area contributed by atoms with Crippen molar-refractivity contribution in [2.75, 3.05) is 0 Å². The number of hydrazine groups is 1. The number of hydrogen-bond acceptors (Lipinski definition) is 2. The monoisotopic (exact) mass is 230 g/mol. The molecule has 0 aliphatic heterocycles. The van der Waals surface area contributed by atoms with Crippen LogP contribution >= 0.6 is 0 Å². The Morgan fingerprint density at radius 3 is 2.25 bits per heavy atom. The van der Waals surface area contributed by atoms with E-state index in [1.165, 1.54) is 12.1 Å². The molecule has 1 rings (SSSR count). The summed E-state index contributed by atoms with van der Waals surface area (Å²) in [5, 5.41) is 0. The lowest BCUT2D eigenvalue weighted by molar-refractivity contribution is -0.137. The molecule has 3 N–H and O–H groups in total. The van der Waals surface area contributed by atoms with Crippen molar-refractivity contribution in [2.45, 2.75) is 18.6 Å². The summed E-state index contributed by atoms with van der Waals surface area (Å²) in [5.41, 5.74) is 2.57. The summed E-state index contributed by atoms with van der Waals surface area (Å²) in [4.78, 5) is 0. The van der Waals surface area contributed by atoms with Crippen LogP contribution < -0.4 is 11.3 Å². The molecule has 1 aromatic rings. The van der Waals surface area contributed by atoms with Gasteiger partial charge < -0.3 is 0 Å². The van der Waals surface area contributed by atoms with E-state index in [2.05, 4.69) is 12.0 Å². The van der Waals surface area contributed by atoms with Crippen molar-refractivity contribution in [2.24, 2.45) is 5.84 Å². The van der Waals surface area contributed by atoms with Crippen LogP contribution in [0.1, 0.15) is 23.6 Å². The van der Waals surface area contributed by atoms with Crippen LogP contribution in [0.15, 0.2) is 36.9 Å². The molecule has 1 unspecified atom stereocenters. The zero-order valence-electron chi connectivity index (χ0n) is 8.59.